The molecule has 0 radical (unpaired) electrons. The lowest BCUT2D eigenvalue weighted by molar-refractivity contribution is -0.148. The maximum absolute atomic E-state index is 13.2. The van der Waals surface area contributed by atoms with Gasteiger partial charge in [0.1, 0.15) is 24.3 Å². The van der Waals surface area contributed by atoms with Gasteiger partial charge in [0.2, 0.25) is 0 Å². The number of nitrogens with zero attached hydrogens (tertiary/aromatic N) is 2. The Morgan fingerprint density at radius 2 is 2.00 bits per heavy atom. The van der Waals surface area contributed by atoms with Gasteiger partial charge >= 0.3 is 19.8 Å². The first-order valence-electron chi connectivity index (χ1n) is 10.9. The number of aromatic amines is 1. The molecule has 1 saturated heterocycles. The molecule has 34 heavy (non-hydrogen) atoms. The zero-order valence-electron chi connectivity index (χ0n) is 19.4. The summed E-state index contributed by atoms with van der Waals surface area (Å²) in [4.78, 5) is 38.2. The molecule has 2 aromatic rings. The summed E-state index contributed by atoms with van der Waals surface area (Å²) in [5, 5.41) is 10.3. The minimum absolute atomic E-state index is 0.0792. The first-order chi connectivity index (χ1) is 16.1. The van der Waals surface area contributed by atoms with Gasteiger partial charge in [-0.25, -0.2) is 9.59 Å². The maximum Gasteiger partial charge on any atom is 0.646 e. The molecule has 1 fully saturated rings. The van der Waals surface area contributed by atoms with Crippen LogP contribution in [0.1, 0.15) is 40.3 Å². The monoisotopic (exact) mass is 494 g/mol. The number of carbonyl (C=O) groups excluding carboxylic acids is 1. The number of anilines is 1. The molecule has 1 aromatic heterocycles. The average molecular weight is 494 g/mol. The van der Waals surface area contributed by atoms with E-state index in [9.17, 15) is 24.1 Å². The molecular formula is C22H29N3O8P+. The van der Waals surface area contributed by atoms with Crippen LogP contribution < -0.4 is 15.9 Å². The second-order valence-corrected chi connectivity index (χ2v) is 9.57. The van der Waals surface area contributed by atoms with E-state index < -0.39 is 43.8 Å². The highest BCUT2D eigenvalue weighted by molar-refractivity contribution is 7.41. The Morgan fingerprint density at radius 3 is 2.65 bits per heavy atom. The molecule has 1 aliphatic rings. The van der Waals surface area contributed by atoms with E-state index in [1.54, 1.807) is 26.0 Å². The molecule has 184 valence electrons. The normalized spacial score (nSPS) is 21.3. The number of hydrogen-bond acceptors (Lipinski definition) is 8. The van der Waals surface area contributed by atoms with Crippen LogP contribution in [0.3, 0.4) is 0 Å². The number of phenols is 1. The lowest BCUT2D eigenvalue weighted by Gasteiger charge is -2.21. The number of nitrogens with one attached hydrogen (secondary N) is 1. The van der Waals surface area contributed by atoms with Gasteiger partial charge in [-0.2, -0.15) is 0 Å². The predicted octanol–water partition coefficient (Wildman–Crippen LogP) is 2.69. The van der Waals surface area contributed by atoms with Crippen LogP contribution in [0.2, 0.25) is 0 Å². The van der Waals surface area contributed by atoms with E-state index in [-0.39, 0.29) is 30.1 Å². The first kappa shape index (κ1) is 25.6. The van der Waals surface area contributed by atoms with Crippen molar-refractivity contribution in [1.82, 2.24) is 9.55 Å². The third-order valence-electron chi connectivity index (χ3n) is 5.31. The number of ether oxygens (including phenoxy) is 2. The summed E-state index contributed by atoms with van der Waals surface area (Å²) >= 11 is 0. The van der Waals surface area contributed by atoms with Crippen molar-refractivity contribution in [2.75, 3.05) is 11.3 Å². The summed E-state index contributed by atoms with van der Waals surface area (Å²) in [5.74, 6) is -0.861. The number of aromatic nitrogens is 2. The lowest BCUT2D eigenvalue weighted by Crippen LogP contribution is -2.37. The molecule has 11 nitrogen and oxygen atoms in total. The van der Waals surface area contributed by atoms with Crippen molar-refractivity contribution in [3.05, 3.63) is 57.4 Å². The van der Waals surface area contributed by atoms with Gasteiger partial charge in [0, 0.05) is 18.2 Å². The van der Waals surface area contributed by atoms with E-state index in [4.69, 9.17) is 14.0 Å². The van der Waals surface area contributed by atoms with Crippen molar-refractivity contribution in [3.63, 3.8) is 0 Å². The van der Waals surface area contributed by atoms with Crippen LogP contribution in [0.25, 0.3) is 0 Å². The topological polar surface area (TPSA) is 140 Å². The fourth-order valence-electron chi connectivity index (χ4n) is 3.73. The summed E-state index contributed by atoms with van der Waals surface area (Å²) in [6.45, 7) is 6.73. The molecular weight excluding hydrogens is 465 g/mol. The van der Waals surface area contributed by atoms with E-state index >= 15 is 0 Å². The fraction of sp³-hybridized carbons (Fsp3) is 0.500. The van der Waals surface area contributed by atoms with Crippen molar-refractivity contribution in [3.8, 4) is 5.75 Å². The summed E-state index contributed by atoms with van der Waals surface area (Å²) in [7, 11) is -2.62. The molecule has 0 bridgehead atoms. The number of esters is 1. The van der Waals surface area contributed by atoms with Gasteiger partial charge in [0.05, 0.1) is 12.2 Å². The van der Waals surface area contributed by atoms with E-state index in [0.29, 0.717) is 6.42 Å². The largest absolute Gasteiger partial charge is 0.646 e. The Morgan fingerprint density at radius 1 is 1.29 bits per heavy atom. The molecule has 1 aliphatic heterocycles. The van der Waals surface area contributed by atoms with E-state index in [0.717, 1.165) is 0 Å². The van der Waals surface area contributed by atoms with Crippen LogP contribution >= 0.6 is 8.18 Å². The highest BCUT2D eigenvalue weighted by Gasteiger charge is 2.43. The smallest absolute Gasteiger partial charge is 0.506 e. The third-order valence-corrected chi connectivity index (χ3v) is 6.60. The van der Waals surface area contributed by atoms with Crippen molar-refractivity contribution >= 4 is 19.8 Å². The number of carbonyl (C=O) groups is 1. The van der Waals surface area contributed by atoms with E-state index in [1.165, 1.54) is 40.6 Å². The summed E-state index contributed by atoms with van der Waals surface area (Å²) < 4.78 is 32.4. The van der Waals surface area contributed by atoms with Crippen molar-refractivity contribution < 1.29 is 28.5 Å². The summed E-state index contributed by atoms with van der Waals surface area (Å²) in [6, 6.07) is 6.42. The summed E-state index contributed by atoms with van der Waals surface area (Å²) in [6.07, 6.45) is 0.406. The Kier molecular flexibility index (Phi) is 8.24. The van der Waals surface area contributed by atoms with Crippen molar-refractivity contribution in [1.29, 1.82) is 0 Å². The molecule has 2 N–H and O–H groups in total. The van der Waals surface area contributed by atoms with Crippen LogP contribution in [-0.2, 0) is 23.4 Å². The number of para-hydroxylation sites is 2. The lowest BCUT2D eigenvalue weighted by atomic mass is 10.1. The number of aromatic hydroxyl groups is 1. The van der Waals surface area contributed by atoms with Crippen LogP contribution in [0.4, 0.5) is 5.69 Å². The maximum atomic E-state index is 13.2. The Hall–Kier alpha value is -3.01. The number of phenolic OH excluding ortho intramolecular Hbond substituents is 1. The van der Waals surface area contributed by atoms with Gasteiger partial charge in [-0.15, -0.1) is 9.19 Å². The minimum atomic E-state index is -2.62. The molecule has 1 aromatic carbocycles. The zero-order chi connectivity index (χ0) is 25.0. The summed E-state index contributed by atoms with van der Waals surface area (Å²) in [5.41, 5.74) is -0.923. The Bertz CT molecular complexity index is 1150. The molecule has 3 rings (SSSR count). The molecule has 2 heterocycles. The highest BCUT2D eigenvalue weighted by atomic mass is 31.1. The van der Waals surface area contributed by atoms with Crippen LogP contribution in [0.15, 0.2) is 46.1 Å². The second-order valence-electron chi connectivity index (χ2n) is 8.41. The third kappa shape index (κ3) is 5.91. The predicted molar refractivity (Wildman–Crippen MR) is 124 cm³/mol. The second kappa shape index (κ2) is 10.9. The van der Waals surface area contributed by atoms with Gasteiger partial charge in [0.25, 0.3) is 5.56 Å². The number of hydrogen-bond donors (Lipinski definition) is 2. The molecule has 12 heteroatoms. The molecule has 0 aliphatic carbocycles. The molecule has 0 spiro atoms. The van der Waals surface area contributed by atoms with Gasteiger partial charge < -0.3 is 14.6 Å². The van der Waals surface area contributed by atoms with Crippen LogP contribution in [0, 0.1) is 5.92 Å². The van der Waals surface area contributed by atoms with Gasteiger partial charge in [-0.3, -0.25) is 14.3 Å². The van der Waals surface area contributed by atoms with Crippen LogP contribution in [-0.4, -0.2) is 45.5 Å². The van der Waals surface area contributed by atoms with Crippen molar-refractivity contribution in [2.45, 2.75) is 58.6 Å². The number of H-pyrrole nitrogens is 1. The highest BCUT2D eigenvalue weighted by Crippen LogP contribution is 2.42. The number of rotatable bonds is 9. The molecule has 1 unspecified atom stereocenters. The van der Waals surface area contributed by atoms with Crippen LogP contribution in [0.5, 0.6) is 5.75 Å². The van der Waals surface area contributed by atoms with E-state index in [2.05, 4.69) is 4.98 Å². The SMILES string of the molecule is CC(C)OC(=O)[C@H](C)N(c1ccccc1O)[P+](=O)OC[C@@H]1C[C@H](C)[C@H](n2ccc(=O)[nH]c2=O)O1. The number of benzene rings is 1. The molecule has 0 amide bonds. The fourth-order valence-corrected chi connectivity index (χ4v) is 4.87. The molecule has 0 saturated carbocycles. The van der Waals surface area contributed by atoms with Crippen molar-refractivity contribution in [2.24, 2.45) is 5.92 Å². The first-order valence-corrected chi connectivity index (χ1v) is 12.1. The van der Waals surface area contributed by atoms with Gasteiger partial charge in [-0.05, 0) is 43.9 Å². The average Bonchev–Trinajstić information content (AvgIpc) is 3.13. The minimum Gasteiger partial charge on any atom is -0.506 e. The van der Waals surface area contributed by atoms with E-state index in [1.807, 2.05) is 6.92 Å². The standard InChI is InChI=1S/C22H28N3O8P/c1-13(2)32-21(28)15(4)25(17-7-5-6-8-18(17)26)34(30)31-12-16-11-14(3)20(33-16)24-10-9-19(27)23-22(24)29/h5-10,13-16,20H,11-12H2,1-4H3,(H-,23,26,27,29)/p+1/t14-,15-,16-,20+/m0/s1. The quantitative estimate of drug-likeness (QED) is 0.398. The van der Waals surface area contributed by atoms with Gasteiger partial charge in [0.15, 0.2) is 6.04 Å². The van der Waals surface area contributed by atoms with Gasteiger partial charge in [-0.1, -0.05) is 19.1 Å². The Labute approximate surface area is 197 Å². The Balaban J connectivity index is 1.73. The molecule has 5 atom stereocenters. The zero-order valence-corrected chi connectivity index (χ0v) is 20.3.